The maximum absolute atomic E-state index is 9.00. The van der Waals surface area contributed by atoms with Gasteiger partial charge in [-0.15, -0.1) is 0 Å². The molecule has 10 heavy (non-hydrogen) atoms. The first-order valence-corrected chi connectivity index (χ1v) is 1.86. The van der Waals surface area contributed by atoms with Crippen LogP contribution in [-0.4, -0.2) is 30.6 Å². The molecule has 0 saturated carbocycles. The van der Waals surface area contributed by atoms with Crippen LogP contribution in [-0.2, 0) is 26.4 Å². The second-order valence-electron chi connectivity index (χ2n) is 1.04. The standard InChI is InChI=1S/2C2H4O2.B.Co/c2*1-2(3)4;;/h2*1H3,(H,3,4);;. The SMILES string of the molecule is CC(=O)O.CC(=O)O.[B].[Co]. The molecule has 0 spiro atoms. The van der Waals surface area contributed by atoms with E-state index in [1.165, 1.54) is 0 Å². The molecule has 0 saturated heterocycles. The van der Waals surface area contributed by atoms with Crippen molar-refractivity contribution in [2.24, 2.45) is 0 Å². The third-order valence-corrected chi connectivity index (χ3v) is 0. The molecule has 4 radical (unpaired) electrons. The number of rotatable bonds is 0. The van der Waals surface area contributed by atoms with Crippen molar-refractivity contribution in [3.63, 3.8) is 0 Å². The average molecular weight is 190 g/mol. The monoisotopic (exact) mass is 190 g/mol. The van der Waals surface area contributed by atoms with Crippen LogP contribution in [0.1, 0.15) is 13.8 Å². The summed E-state index contributed by atoms with van der Waals surface area (Å²) in [6.45, 7) is 2.17. The Morgan fingerprint density at radius 2 is 1.00 bits per heavy atom. The van der Waals surface area contributed by atoms with Crippen molar-refractivity contribution in [3.8, 4) is 0 Å². The Morgan fingerprint density at radius 3 is 1.00 bits per heavy atom. The van der Waals surface area contributed by atoms with Gasteiger partial charge in [0.2, 0.25) is 0 Å². The summed E-state index contributed by atoms with van der Waals surface area (Å²) < 4.78 is 0. The fraction of sp³-hybridized carbons (Fsp3) is 0.500. The number of hydrogen-bond acceptors (Lipinski definition) is 2. The quantitative estimate of drug-likeness (QED) is 0.518. The summed E-state index contributed by atoms with van der Waals surface area (Å²) >= 11 is 0. The second kappa shape index (κ2) is 15.8. The van der Waals surface area contributed by atoms with Gasteiger partial charge >= 0.3 is 0 Å². The van der Waals surface area contributed by atoms with Crippen molar-refractivity contribution in [1.82, 2.24) is 0 Å². The van der Waals surface area contributed by atoms with E-state index >= 15 is 0 Å². The van der Waals surface area contributed by atoms with Crippen LogP contribution in [0.5, 0.6) is 0 Å². The predicted molar refractivity (Wildman–Crippen MR) is 32.4 cm³/mol. The first-order valence-electron chi connectivity index (χ1n) is 1.86. The number of hydrogen-bond donors (Lipinski definition) is 2. The molecular formula is C4H8BCoO4. The van der Waals surface area contributed by atoms with E-state index in [0.717, 1.165) is 13.8 Å². The molecule has 2 N–H and O–H groups in total. The Hall–Kier alpha value is -0.489. The normalized spacial score (nSPS) is 5.00. The molecule has 0 heterocycles. The maximum Gasteiger partial charge on any atom is 0.300 e. The number of carboxylic acid groups (broad SMARTS) is 2. The molecule has 0 aliphatic heterocycles. The summed E-state index contributed by atoms with van der Waals surface area (Å²) in [6.07, 6.45) is 0. The van der Waals surface area contributed by atoms with Crippen LogP contribution in [0.4, 0.5) is 0 Å². The molecule has 0 aliphatic rings. The van der Waals surface area contributed by atoms with Crippen LogP contribution in [0, 0.1) is 0 Å². The van der Waals surface area contributed by atoms with E-state index < -0.39 is 11.9 Å². The molecule has 0 amide bonds. The maximum atomic E-state index is 9.00. The summed E-state index contributed by atoms with van der Waals surface area (Å²) in [5, 5.41) is 14.8. The smallest absolute Gasteiger partial charge is 0.300 e. The van der Waals surface area contributed by atoms with Crippen molar-refractivity contribution in [1.29, 1.82) is 0 Å². The Bertz CT molecular complexity index is 75.3. The van der Waals surface area contributed by atoms with Crippen molar-refractivity contribution < 1.29 is 36.6 Å². The summed E-state index contributed by atoms with van der Waals surface area (Å²) in [5.41, 5.74) is 0. The van der Waals surface area contributed by atoms with E-state index in [2.05, 4.69) is 0 Å². The first-order chi connectivity index (χ1) is 3.46. The Morgan fingerprint density at radius 1 is 1.00 bits per heavy atom. The van der Waals surface area contributed by atoms with Gasteiger partial charge in [-0.05, 0) is 0 Å². The molecule has 60 valence electrons. The zero-order chi connectivity index (χ0) is 7.15. The zero-order valence-corrected chi connectivity index (χ0v) is 6.66. The van der Waals surface area contributed by atoms with Crippen molar-refractivity contribution in [2.45, 2.75) is 13.8 Å². The summed E-state index contributed by atoms with van der Waals surface area (Å²) in [5.74, 6) is -1.67. The van der Waals surface area contributed by atoms with E-state index in [-0.39, 0.29) is 25.2 Å². The first kappa shape index (κ1) is 22.7. The fourth-order valence-corrected chi connectivity index (χ4v) is 0. The van der Waals surface area contributed by atoms with Gasteiger partial charge in [0.05, 0.1) is 0 Å². The third kappa shape index (κ3) is 1330. The van der Waals surface area contributed by atoms with Crippen LogP contribution in [0.25, 0.3) is 0 Å². The molecule has 0 aromatic heterocycles. The molecule has 0 aliphatic carbocycles. The molecule has 0 aromatic carbocycles. The number of aliphatic carboxylic acids is 2. The van der Waals surface area contributed by atoms with Gasteiger partial charge < -0.3 is 10.2 Å². The van der Waals surface area contributed by atoms with E-state index in [1.54, 1.807) is 0 Å². The summed E-state index contributed by atoms with van der Waals surface area (Å²) in [7, 11) is 0. The minimum absolute atomic E-state index is 0. The Kier molecular flexibility index (Phi) is 35.9. The third-order valence-electron chi connectivity index (χ3n) is 0. The van der Waals surface area contributed by atoms with Crippen LogP contribution in [0.3, 0.4) is 0 Å². The van der Waals surface area contributed by atoms with E-state index in [4.69, 9.17) is 19.8 Å². The van der Waals surface area contributed by atoms with E-state index in [0.29, 0.717) is 0 Å². The van der Waals surface area contributed by atoms with Gasteiger partial charge in [0, 0.05) is 39.0 Å². The van der Waals surface area contributed by atoms with Gasteiger partial charge in [0.1, 0.15) is 0 Å². The van der Waals surface area contributed by atoms with Crippen LogP contribution in [0.2, 0.25) is 0 Å². The number of carbonyl (C=O) groups is 2. The fourth-order valence-electron chi connectivity index (χ4n) is 0. The van der Waals surface area contributed by atoms with Crippen LogP contribution >= 0.6 is 0 Å². The van der Waals surface area contributed by atoms with Crippen molar-refractivity contribution in [2.75, 3.05) is 0 Å². The second-order valence-corrected chi connectivity index (χ2v) is 1.04. The molecule has 0 aromatic rings. The van der Waals surface area contributed by atoms with Gasteiger partial charge in [0.25, 0.3) is 11.9 Å². The molecule has 0 fully saturated rings. The Balaban J connectivity index is -0.0000000300. The van der Waals surface area contributed by atoms with Crippen LogP contribution < -0.4 is 0 Å². The molecule has 0 atom stereocenters. The van der Waals surface area contributed by atoms with Gasteiger partial charge in [0.15, 0.2) is 0 Å². The van der Waals surface area contributed by atoms with Crippen molar-refractivity contribution >= 4 is 20.4 Å². The Labute approximate surface area is 71.4 Å². The summed E-state index contributed by atoms with van der Waals surface area (Å²) in [4.78, 5) is 18.0. The van der Waals surface area contributed by atoms with Crippen molar-refractivity contribution in [3.05, 3.63) is 0 Å². The molecule has 0 bridgehead atoms. The average Bonchev–Trinajstić information content (AvgIpc) is 1.25. The molecule has 0 rings (SSSR count). The molecule has 6 heteroatoms. The summed E-state index contributed by atoms with van der Waals surface area (Å²) in [6, 6.07) is 0. The number of carboxylic acids is 2. The minimum atomic E-state index is -0.833. The topological polar surface area (TPSA) is 74.6 Å². The van der Waals surface area contributed by atoms with Gasteiger partial charge in [-0.2, -0.15) is 0 Å². The molecule has 0 unspecified atom stereocenters. The molecule has 4 nitrogen and oxygen atoms in total. The largest absolute Gasteiger partial charge is 0.481 e. The van der Waals surface area contributed by atoms with E-state index in [1.807, 2.05) is 0 Å². The van der Waals surface area contributed by atoms with Gasteiger partial charge in [-0.3, -0.25) is 9.59 Å². The van der Waals surface area contributed by atoms with Gasteiger partial charge in [-0.1, -0.05) is 0 Å². The van der Waals surface area contributed by atoms with E-state index in [9.17, 15) is 0 Å². The minimum Gasteiger partial charge on any atom is -0.481 e. The molecular weight excluding hydrogens is 182 g/mol. The van der Waals surface area contributed by atoms with Gasteiger partial charge in [-0.25, -0.2) is 0 Å². The zero-order valence-electron chi connectivity index (χ0n) is 5.62. The van der Waals surface area contributed by atoms with Crippen LogP contribution in [0.15, 0.2) is 0 Å². The predicted octanol–water partition coefficient (Wildman–Crippen LogP) is -0.202.